The fourth-order valence-electron chi connectivity index (χ4n) is 1.59. The average Bonchev–Trinajstić information content (AvgIpc) is 2.69. The molecule has 0 aliphatic rings. The SMILES string of the molecule is CCS(=O)(=O)C[C@H](C)N[C@@H](C)c1ccsc1. The summed E-state index contributed by atoms with van der Waals surface area (Å²) in [7, 11) is -2.89. The van der Waals surface area contributed by atoms with Gasteiger partial charge in [0, 0.05) is 17.8 Å². The van der Waals surface area contributed by atoms with E-state index in [1.54, 1.807) is 18.3 Å². The topological polar surface area (TPSA) is 46.2 Å². The van der Waals surface area contributed by atoms with Crippen LogP contribution in [0, 0.1) is 0 Å². The van der Waals surface area contributed by atoms with Crippen LogP contribution in [0.25, 0.3) is 0 Å². The third-order valence-electron chi connectivity index (χ3n) is 2.52. The zero-order valence-electron chi connectivity index (χ0n) is 9.93. The number of nitrogens with one attached hydrogen (secondary N) is 1. The smallest absolute Gasteiger partial charge is 0.151 e. The molecule has 1 aromatic heterocycles. The zero-order chi connectivity index (χ0) is 12.2. The van der Waals surface area contributed by atoms with Gasteiger partial charge in [-0.1, -0.05) is 6.92 Å². The number of hydrogen-bond acceptors (Lipinski definition) is 4. The lowest BCUT2D eigenvalue weighted by molar-refractivity contribution is 0.500. The molecule has 0 saturated heterocycles. The highest BCUT2D eigenvalue weighted by Crippen LogP contribution is 2.16. The van der Waals surface area contributed by atoms with E-state index in [9.17, 15) is 8.42 Å². The van der Waals surface area contributed by atoms with E-state index >= 15 is 0 Å². The average molecular weight is 261 g/mol. The molecule has 0 aliphatic carbocycles. The molecule has 0 aliphatic heterocycles. The molecule has 0 bridgehead atoms. The van der Waals surface area contributed by atoms with Crippen LogP contribution in [0.4, 0.5) is 0 Å². The van der Waals surface area contributed by atoms with Gasteiger partial charge in [0.2, 0.25) is 0 Å². The minimum Gasteiger partial charge on any atom is -0.307 e. The Morgan fingerprint density at radius 1 is 1.44 bits per heavy atom. The van der Waals surface area contributed by atoms with Gasteiger partial charge in [-0.2, -0.15) is 11.3 Å². The van der Waals surface area contributed by atoms with E-state index < -0.39 is 9.84 Å². The van der Waals surface area contributed by atoms with Gasteiger partial charge in [0.05, 0.1) is 5.75 Å². The highest BCUT2D eigenvalue weighted by molar-refractivity contribution is 7.91. The van der Waals surface area contributed by atoms with Crippen LogP contribution in [-0.2, 0) is 9.84 Å². The predicted molar refractivity (Wildman–Crippen MR) is 69.7 cm³/mol. The molecule has 16 heavy (non-hydrogen) atoms. The molecule has 1 N–H and O–H groups in total. The molecule has 0 aromatic carbocycles. The Morgan fingerprint density at radius 2 is 2.12 bits per heavy atom. The molecule has 0 amide bonds. The first-order valence-electron chi connectivity index (χ1n) is 5.43. The Labute approximate surface area is 102 Å². The molecule has 2 atom stereocenters. The second kappa shape index (κ2) is 5.80. The Bertz CT molecular complexity index is 398. The molecule has 3 nitrogen and oxygen atoms in total. The first-order valence-corrected chi connectivity index (χ1v) is 8.19. The summed E-state index contributed by atoms with van der Waals surface area (Å²) in [5.41, 5.74) is 1.21. The van der Waals surface area contributed by atoms with Crippen molar-refractivity contribution in [2.45, 2.75) is 32.9 Å². The Hall–Kier alpha value is -0.390. The molecule has 0 fully saturated rings. The van der Waals surface area contributed by atoms with E-state index in [-0.39, 0.29) is 23.6 Å². The van der Waals surface area contributed by atoms with Crippen LogP contribution >= 0.6 is 11.3 Å². The molecule has 0 saturated carbocycles. The Kier molecular flexibility index (Phi) is 4.95. The lowest BCUT2D eigenvalue weighted by atomic mass is 10.1. The number of thiophene rings is 1. The monoisotopic (exact) mass is 261 g/mol. The Morgan fingerprint density at radius 3 is 2.62 bits per heavy atom. The van der Waals surface area contributed by atoms with Crippen molar-refractivity contribution in [1.82, 2.24) is 5.32 Å². The van der Waals surface area contributed by atoms with Crippen molar-refractivity contribution in [3.05, 3.63) is 22.4 Å². The quantitative estimate of drug-likeness (QED) is 0.854. The van der Waals surface area contributed by atoms with Crippen LogP contribution in [-0.4, -0.2) is 26.0 Å². The van der Waals surface area contributed by atoms with E-state index in [0.717, 1.165) is 0 Å². The van der Waals surface area contributed by atoms with Crippen LogP contribution in [0.15, 0.2) is 16.8 Å². The van der Waals surface area contributed by atoms with Gasteiger partial charge in [0.25, 0.3) is 0 Å². The maximum Gasteiger partial charge on any atom is 0.151 e. The second-order valence-electron chi connectivity index (χ2n) is 4.04. The van der Waals surface area contributed by atoms with E-state index in [1.807, 2.05) is 12.3 Å². The molecular weight excluding hydrogens is 242 g/mol. The summed E-state index contributed by atoms with van der Waals surface area (Å²) < 4.78 is 22.9. The van der Waals surface area contributed by atoms with Gasteiger partial charge in [0.1, 0.15) is 0 Å². The Balaban J connectivity index is 2.49. The molecule has 0 radical (unpaired) electrons. The second-order valence-corrected chi connectivity index (χ2v) is 7.22. The van der Waals surface area contributed by atoms with Gasteiger partial charge < -0.3 is 5.32 Å². The van der Waals surface area contributed by atoms with Crippen LogP contribution in [0.3, 0.4) is 0 Å². The van der Waals surface area contributed by atoms with Crippen molar-refractivity contribution in [2.24, 2.45) is 0 Å². The number of hydrogen-bond donors (Lipinski definition) is 1. The standard InChI is InChI=1S/C11H19NO2S2/c1-4-16(13,14)8-9(2)12-10(3)11-5-6-15-7-11/h5-7,9-10,12H,4,8H2,1-3H3/t9-,10-/m0/s1. The first-order chi connectivity index (χ1) is 7.44. The summed E-state index contributed by atoms with van der Waals surface area (Å²) in [5.74, 6) is 0.420. The fraction of sp³-hybridized carbons (Fsp3) is 0.636. The van der Waals surface area contributed by atoms with Gasteiger partial charge in [-0.05, 0) is 36.2 Å². The molecular formula is C11H19NO2S2. The van der Waals surface area contributed by atoms with Crippen molar-refractivity contribution in [2.75, 3.05) is 11.5 Å². The maximum atomic E-state index is 11.4. The van der Waals surface area contributed by atoms with Crippen LogP contribution < -0.4 is 5.32 Å². The van der Waals surface area contributed by atoms with E-state index in [2.05, 4.69) is 23.7 Å². The fourth-order valence-corrected chi connectivity index (χ4v) is 3.44. The molecule has 1 heterocycles. The largest absolute Gasteiger partial charge is 0.307 e. The van der Waals surface area contributed by atoms with Gasteiger partial charge in [-0.3, -0.25) is 0 Å². The molecule has 0 unspecified atom stereocenters. The minimum absolute atomic E-state index is 0.0140. The van der Waals surface area contributed by atoms with Crippen LogP contribution in [0.2, 0.25) is 0 Å². The molecule has 92 valence electrons. The van der Waals surface area contributed by atoms with Gasteiger partial charge in [-0.25, -0.2) is 8.42 Å². The van der Waals surface area contributed by atoms with E-state index in [4.69, 9.17) is 0 Å². The first kappa shape index (κ1) is 13.7. The van der Waals surface area contributed by atoms with E-state index in [1.165, 1.54) is 5.56 Å². The molecule has 0 spiro atoms. The van der Waals surface area contributed by atoms with Gasteiger partial charge in [0.15, 0.2) is 9.84 Å². The van der Waals surface area contributed by atoms with Crippen molar-refractivity contribution < 1.29 is 8.42 Å². The summed E-state index contributed by atoms with van der Waals surface area (Å²) in [6, 6.07) is 2.25. The summed E-state index contributed by atoms with van der Waals surface area (Å²) in [4.78, 5) is 0. The summed E-state index contributed by atoms with van der Waals surface area (Å²) in [6.45, 7) is 5.65. The van der Waals surface area contributed by atoms with Gasteiger partial charge >= 0.3 is 0 Å². The van der Waals surface area contributed by atoms with Crippen molar-refractivity contribution in [3.63, 3.8) is 0 Å². The maximum absolute atomic E-state index is 11.4. The minimum atomic E-state index is -2.89. The summed E-state index contributed by atoms with van der Waals surface area (Å²) in [6.07, 6.45) is 0. The molecule has 5 heteroatoms. The number of rotatable bonds is 6. The van der Waals surface area contributed by atoms with Gasteiger partial charge in [-0.15, -0.1) is 0 Å². The van der Waals surface area contributed by atoms with Crippen molar-refractivity contribution >= 4 is 21.2 Å². The summed E-state index contributed by atoms with van der Waals surface area (Å²) in [5, 5.41) is 7.41. The normalized spacial score (nSPS) is 15.9. The van der Waals surface area contributed by atoms with Crippen molar-refractivity contribution in [1.29, 1.82) is 0 Å². The molecule has 1 aromatic rings. The third-order valence-corrected chi connectivity index (χ3v) is 5.11. The van der Waals surface area contributed by atoms with Crippen LogP contribution in [0.5, 0.6) is 0 Å². The lowest BCUT2D eigenvalue weighted by Crippen LogP contribution is -2.35. The van der Waals surface area contributed by atoms with Crippen LogP contribution in [0.1, 0.15) is 32.4 Å². The summed E-state index contributed by atoms with van der Waals surface area (Å²) >= 11 is 1.65. The zero-order valence-corrected chi connectivity index (χ0v) is 11.6. The highest BCUT2D eigenvalue weighted by Gasteiger charge is 2.16. The van der Waals surface area contributed by atoms with E-state index in [0.29, 0.717) is 0 Å². The number of sulfone groups is 1. The lowest BCUT2D eigenvalue weighted by Gasteiger charge is -2.19. The van der Waals surface area contributed by atoms with Crippen molar-refractivity contribution in [3.8, 4) is 0 Å². The highest BCUT2D eigenvalue weighted by atomic mass is 32.2. The predicted octanol–water partition coefficient (Wildman–Crippen LogP) is 2.22. The third kappa shape index (κ3) is 4.23. The molecule has 1 rings (SSSR count).